The van der Waals surface area contributed by atoms with Crippen molar-refractivity contribution in [2.24, 2.45) is 0 Å². The van der Waals surface area contributed by atoms with Crippen LogP contribution in [0.1, 0.15) is 11.1 Å². The number of benzene rings is 2. The van der Waals surface area contributed by atoms with Crippen LogP contribution in [0.4, 0.5) is 0 Å². The first-order valence-corrected chi connectivity index (χ1v) is 8.10. The van der Waals surface area contributed by atoms with Crippen molar-refractivity contribution in [1.82, 2.24) is 4.72 Å². The Labute approximate surface area is 133 Å². The van der Waals surface area contributed by atoms with Crippen LogP contribution in [-0.4, -0.2) is 8.42 Å². The van der Waals surface area contributed by atoms with Gasteiger partial charge in [-0.05, 0) is 35.9 Å². The Kier molecular flexibility index (Phi) is 4.86. The van der Waals surface area contributed by atoms with Crippen molar-refractivity contribution >= 4 is 33.2 Å². The standard InChI is InChI=1S/C14H10Cl2N2O2S/c15-12-4-1-10(2-5-12)9-18-21(19,20)14-7-11(8-17)3-6-13(14)16/h1-7,18H,9H2. The van der Waals surface area contributed by atoms with Gasteiger partial charge < -0.3 is 0 Å². The van der Waals surface area contributed by atoms with E-state index in [0.29, 0.717) is 5.02 Å². The highest BCUT2D eigenvalue weighted by atomic mass is 35.5. The number of sulfonamides is 1. The van der Waals surface area contributed by atoms with Gasteiger partial charge in [-0.3, -0.25) is 0 Å². The Morgan fingerprint density at radius 2 is 1.76 bits per heavy atom. The zero-order valence-corrected chi connectivity index (χ0v) is 13.0. The average molecular weight is 341 g/mol. The second-order valence-electron chi connectivity index (χ2n) is 4.21. The third-order valence-electron chi connectivity index (χ3n) is 2.73. The number of hydrogen-bond donors (Lipinski definition) is 1. The SMILES string of the molecule is N#Cc1ccc(Cl)c(S(=O)(=O)NCc2ccc(Cl)cc2)c1. The van der Waals surface area contributed by atoms with E-state index in [4.69, 9.17) is 28.5 Å². The molecule has 7 heteroatoms. The van der Waals surface area contributed by atoms with Gasteiger partial charge in [0, 0.05) is 11.6 Å². The van der Waals surface area contributed by atoms with Crippen LogP contribution in [0, 0.1) is 11.3 Å². The lowest BCUT2D eigenvalue weighted by atomic mass is 10.2. The predicted octanol–water partition coefficient (Wildman–Crippen LogP) is 3.34. The Morgan fingerprint density at radius 1 is 1.10 bits per heavy atom. The molecule has 0 atom stereocenters. The van der Waals surface area contributed by atoms with Crippen LogP contribution in [0.15, 0.2) is 47.4 Å². The van der Waals surface area contributed by atoms with Crippen LogP contribution < -0.4 is 4.72 Å². The van der Waals surface area contributed by atoms with Crippen molar-refractivity contribution in [3.05, 3.63) is 63.6 Å². The van der Waals surface area contributed by atoms with Crippen molar-refractivity contribution < 1.29 is 8.42 Å². The molecule has 108 valence electrons. The molecular weight excluding hydrogens is 331 g/mol. The summed E-state index contributed by atoms with van der Waals surface area (Å²) in [5.41, 5.74) is 0.988. The Bertz CT molecular complexity index is 797. The molecule has 0 amide bonds. The normalized spacial score (nSPS) is 11.1. The third-order valence-corrected chi connectivity index (χ3v) is 4.86. The fourth-order valence-electron chi connectivity index (χ4n) is 1.64. The summed E-state index contributed by atoms with van der Waals surface area (Å²) in [5, 5.41) is 9.47. The van der Waals surface area contributed by atoms with Gasteiger partial charge in [-0.2, -0.15) is 5.26 Å². The van der Waals surface area contributed by atoms with Gasteiger partial charge in [0.25, 0.3) is 0 Å². The van der Waals surface area contributed by atoms with E-state index < -0.39 is 10.0 Å². The molecule has 0 saturated carbocycles. The van der Waals surface area contributed by atoms with Gasteiger partial charge in [-0.1, -0.05) is 35.3 Å². The molecule has 0 fully saturated rings. The minimum absolute atomic E-state index is 0.0672. The van der Waals surface area contributed by atoms with E-state index in [-0.39, 0.29) is 22.0 Å². The highest BCUT2D eigenvalue weighted by Gasteiger charge is 2.18. The van der Waals surface area contributed by atoms with Gasteiger partial charge in [0.05, 0.1) is 16.7 Å². The van der Waals surface area contributed by atoms with E-state index in [1.807, 2.05) is 6.07 Å². The Hall–Kier alpha value is -1.58. The largest absolute Gasteiger partial charge is 0.242 e. The Balaban J connectivity index is 2.23. The van der Waals surface area contributed by atoms with Crippen molar-refractivity contribution in [3.8, 4) is 6.07 Å². The highest BCUT2D eigenvalue weighted by Crippen LogP contribution is 2.22. The summed E-state index contributed by atoms with van der Waals surface area (Å²) in [6.07, 6.45) is 0. The Morgan fingerprint density at radius 3 is 2.38 bits per heavy atom. The molecule has 0 bridgehead atoms. The number of nitrogens with one attached hydrogen (secondary N) is 1. The first kappa shape index (κ1) is 15.8. The predicted molar refractivity (Wildman–Crippen MR) is 81.6 cm³/mol. The van der Waals surface area contributed by atoms with E-state index >= 15 is 0 Å². The van der Waals surface area contributed by atoms with Crippen molar-refractivity contribution in [2.75, 3.05) is 0 Å². The zero-order valence-electron chi connectivity index (χ0n) is 10.7. The quantitative estimate of drug-likeness (QED) is 0.927. The van der Waals surface area contributed by atoms with E-state index in [0.717, 1.165) is 5.56 Å². The van der Waals surface area contributed by atoms with Gasteiger partial charge >= 0.3 is 0 Å². The first-order chi connectivity index (χ1) is 9.92. The lowest BCUT2D eigenvalue weighted by molar-refractivity contribution is 0.581. The van der Waals surface area contributed by atoms with Crippen molar-refractivity contribution in [2.45, 2.75) is 11.4 Å². The fourth-order valence-corrected chi connectivity index (χ4v) is 3.30. The molecule has 2 aromatic rings. The molecule has 4 nitrogen and oxygen atoms in total. The van der Waals surface area contributed by atoms with E-state index in [1.165, 1.54) is 18.2 Å². The van der Waals surface area contributed by atoms with Crippen LogP contribution in [-0.2, 0) is 16.6 Å². The smallest absolute Gasteiger partial charge is 0.207 e. The van der Waals surface area contributed by atoms with Crippen LogP contribution in [0.3, 0.4) is 0 Å². The number of nitrogens with zero attached hydrogens (tertiary/aromatic N) is 1. The maximum absolute atomic E-state index is 12.2. The van der Waals surface area contributed by atoms with E-state index in [2.05, 4.69) is 4.72 Å². The molecule has 0 aliphatic heterocycles. The van der Waals surface area contributed by atoms with Gasteiger partial charge in [-0.25, -0.2) is 13.1 Å². The summed E-state index contributed by atoms with van der Waals surface area (Å²) in [7, 11) is -3.80. The molecule has 0 aliphatic rings. The molecule has 0 aliphatic carbocycles. The summed E-state index contributed by atoms with van der Waals surface area (Å²) in [6, 6.07) is 12.8. The summed E-state index contributed by atoms with van der Waals surface area (Å²) in [5.74, 6) is 0. The van der Waals surface area contributed by atoms with Gasteiger partial charge in [0.2, 0.25) is 10.0 Å². The number of rotatable bonds is 4. The van der Waals surface area contributed by atoms with Crippen molar-refractivity contribution in [1.29, 1.82) is 5.26 Å². The second kappa shape index (κ2) is 6.46. The van der Waals surface area contributed by atoms with Crippen molar-refractivity contribution in [3.63, 3.8) is 0 Å². The number of nitriles is 1. The van der Waals surface area contributed by atoms with Gasteiger partial charge in [0.15, 0.2) is 0 Å². The minimum Gasteiger partial charge on any atom is -0.207 e. The van der Waals surface area contributed by atoms with Crippen LogP contribution in [0.5, 0.6) is 0 Å². The highest BCUT2D eigenvalue weighted by molar-refractivity contribution is 7.89. The maximum Gasteiger partial charge on any atom is 0.242 e. The summed E-state index contributed by atoms with van der Waals surface area (Å²) >= 11 is 11.7. The summed E-state index contributed by atoms with van der Waals surface area (Å²) in [4.78, 5) is -0.114. The molecule has 0 spiro atoms. The van der Waals surface area contributed by atoms with Crippen LogP contribution in [0.25, 0.3) is 0 Å². The van der Waals surface area contributed by atoms with Crippen LogP contribution in [0.2, 0.25) is 10.0 Å². The fraction of sp³-hybridized carbons (Fsp3) is 0.0714. The average Bonchev–Trinajstić information content (AvgIpc) is 2.47. The minimum atomic E-state index is -3.80. The first-order valence-electron chi connectivity index (χ1n) is 5.86. The molecule has 0 radical (unpaired) electrons. The number of hydrogen-bond acceptors (Lipinski definition) is 3. The lowest BCUT2D eigenvalue weighted by Gasteiger charge is -2.09. The molecule has 0 heterocycles. The van der Waals surface area contributed by atoms with Gasteiger partial charge in [0.1, 0.15) is 4.90 Å². The molecular formula is C14H10Cl2N2O2S. The van der Waals surface area contributed by atoms with Crippen LogP contribution >= 0.6 is 23.2 Å². The number of halogens is 2. The monoisotopic (exact) mass is 340 g/mol. The third kappa shape index (κ3) is 3.96. The van der Waals surface area contributed by atoms with E-state index in [9.17, 15) is 8.42 Å². The summed E-state index contributed by atoms with van der Waals surface area (Å²) in [6.45, 7) is 0.104. The molecule has 0 saturated heterocycles. The van der Waals surface area contributed by atoms with Gasteiger partial charge in [-0.15, -0.1) is 0 Å². The topological polar surface area (TPSA) is 70.0 Å². The molecule has 0 unspecified atom stereocenters. The molecule has 1 N–H and O–H groups in total. The molecule has 0 aromatic heterocycles. The molecule has 2 rings (SSSR count). The zero-order chi connectivity index (χ0) is 15.5. The second-order valence-corrected chi connectivity index (χ2v) is 6.79. The maximum atomic E-state index is 12.2. The molecule has 21 heavy (non-hydrogen) atoms. The lowest BCUT2D eigenvalue weighted by Crippen LogP contribution is -2.23. The van der Waals surface area contributed by atoms with E-state index in [1.54, 1.807) is 24.3 Å². The summed E-state index contributed by atoms with van der Waals surface area (Å²) < 4.78 is 26.9. The molecule has 2 aromatic carbocycles.